The third-order valence-corrected chi connectivity index (χ3v) is 4.08. The van der Waals surface area contributed by atoms with Gasteiger partial charge < -0.3 is 10.1 Å². The molecule has 142 valence electrons. The highest BCUT2D eigenvalue weighted by molar-refractivity contribution is 6.05. The number of nitrogens with one attached hydrogen (secondary N) is 2. The van der Waals surface area contributed by atoms with E-state index in [2.05, 4.69) is 25.6 Å². The van der Waals surface area contributed by atoms with Crippen molar-refractivity contribution < 1.29 is 22.7 Å². The highest BCUT2D eigenvalue weighted by Crippen LogP contribution is 2.36. The maximum atomic E-state index is 13.1. The first-order valence-corrected chi connectivity index (χ1v) is 8.13. The van der Waals surface area contributed by atoms with Crippen LogP contribution in [0.1, 0.15) is 24.5 Å². The molecular weight excluding hydrogens is 361 g/mol. The van der Waals surface area contributed by atoms with Gasteiger partial charge in [0.2, 0.25) is 11.8 Å². The van der Waals surface area contributed by atoms with Gasteiger partial charge in [0.25, 0.3) is 0 Å². The van der Waals surface area contributed by atoms with E-state index >= 15 is 0 Å². The molecule has 1 aromatic heterocycles. The van der Waals surface area contributed by atoms with Gasteiger partial charge in [0.15, 0.2) is 0 Å². The molecular formula is C18H17F3N4O2. The summed E-state index contributed by atoms with van der Waals surface area (Å²) in [5, 5.41) is 6.97. The summed E-state index contributed by atoms with van der Waals surface area (Å²) in [5.41, 5.74) is 3.87. The van der Waals surface area contributed by atoms with Crippen LogP contribution in [0.4, 0.5) is 24.5 Å². The maximum absolute atomic E-state index is 13.1. The molecule has 0 saturated carbocycles. The van der Waals surface area contributed by atoms with E-state index in [0.29, 0.717) is 12.1 Å². The Bertz CT molecular complexity index is 879. The first kappa shape index (κ1) is 18.7. The molecule has 1 aliphatic heterocycles. The lowest BCUT2D eigenvalue weighted by atomic mass is 9.94. The van der Waals surface area contributed by atoms with Crippen LogP contribution in [0.5, 0.6) is 5.88 Å². The Morgan fingerprint density at radius 2 is 1.93 bits per heavy atom. The molecule has 2 aromatic rings. The fourth-order valence-electron chi connectivity index (χ4n) is 2.78. The van der Waals surface area contributed by atoms with Crippen LogP contribution in [0.3, 0.4) is 0 Å². The summed E-state index contributed by atoms with van der Waals surface area (Å²) >= 11 is 0. The number of anilines is 2. The molecule has 1 aliphatic rings. The minimum Gasteiger partial charge on any atom is -0.481 e. The molecule has 0 unspecified atom stereocenters. The molecule has 0 bridgehead atoms. The van der Waals surface area contributed by atoms with E-state index in [1.807, 2.05) is 6.92 Å². The molecule has 0 aliphatic carbocycles. The molecule has 0 spiro atoms. The van der Waals surface area contributed by atoms with E-state index in [1.54, 1.807) is 24.3 Å². The SMILES string of the molecule is COc1ncc(Nc2ccc(C3=NNC(=O)C[C@H]3C)cc2)cc1C(F)(F)F. The van der Waals surface area contributed by atoms with Crippen LogP contribution in [0.2, 0.25) is 0 Å². The summed E-state index contributed by atoms with van der Waals surface area (Å²) in [7, 11) is 1.14. The van der Waals surface area contributed by atoms with Crippen molar-refractivity contribution in [3.63, 3.8) is 0 Å². The van der Waals surface area contributed by atoms with Crippen LogP contribution >= 0.6 is 0 Å². The van der Waals surface area contributed by atoms with Gasteiger partial charge in [-0.25, -0.2) is 10.4 Å². The van der Waals surface area contributed by atoms with Crippen LogP contribution in [0.25, 0.3) is 0 Å². The topological polar surface area (TPSA) is 75.6 Å². The van der Waals surface area contributed by atoms with Gasteiger partial charge in [-0.3, -0.25) is 4.79 Å². The molecule has 1 amide bonds. The minimum atomic E-state index is -4.57. The number of aromatic nitrogens is 1. The number of amides is 1. The molecule has 0 fully saturated rings. The van der Waals surface area contributed by atoms with Gasteiger partial charge in [-0.2, -0.15) is 18.3 Å². The molecule has 0 radical (unpaired) electrons. The van der Waals surface area contributed by atoms with Gasteiger partial charge in [-0.05, 0) is 23.8 Å². The lowest BCUT2D eigenvalue weighted by Gasteiger charge is -2.19. The van der Waals surface area contributed by atoms with E-state index in [1.165, 1.54) is 6.20 Å². The third-order valence-electron chi connectivity index (χ3n) is 4.08. The predicted molar refractivity (Wildman–Crippen MR) is 94.0 cm³/mol. The van der Waals surface area contributed by atoms with Crippen molar-refractivity contribution in [1.82, 2.24) is 10.4 Å². The standard InChI is InChI=1S/C18H17F3N4O2/c1-10-7-15(26)24-25-16(10)11-3-5-12(6-4-11)23-13-8-14(18(19,20)21)17(27-2)22-9-13/h3-6,8-10,23H,7H2,1-2H3,(H,24,26)/t10-/m1/s1. The van der Waals surface area contributed by atoms with Gasteiger partial charge in [0, 0.05) is 18.0 Å². The monoisotopic (exact) mass is 378 g/mol. The summed E-state index contributed by atoms with van der Waals surface area (Å²) < 4.78 is 43.9. The van der Waals surface area contributed by atoms with Gasteiger partial charge in [-0.15, -0.1) is 0 Å². The van der Waals surface area contributed by atoms with Gasteiger partial charge in [-0.1, -0.05) is 19.1 Å². The molecule has 27 heavy (non-hydrogen) atoms. The predicted octanol–water partition coefficient (Wildman–Crippen LogP) is 3.71. The smallest absolute Gasteiger partial charge is 0.421 e. The zero-order valence-corrected chi connectivity index (χ0v) is 14.6. The number of carbonyl (C=O) groups is 1. The lowest BCUT2D eigenvalue weighted by Crippen LogP contribution is -2.31. The average Bonchev–Trinajstić information content (AvgIpc) is 2.62. The Kier molecular flexibility index (Phi) is 5.02. The number of alkyl halides is 3. The first-order valence-electron chi connectivity index (χ1n) is 8.13. The van der Waals surface area contributed by atoms with Crippen molar-refractivity contribution in [1.29, 1.82) is 0 Å². The van der Waals surface area contributed by atoms with Crippen molar-refractivity contribution in [2.75, 3.05) is 12.4 Å². The molecule has 3 rings (SSSR count). The molecule has 2 heterocycles. The lowest BCUT2D eigenvalue weighted by molar-refractivity contribution is -0.139. The number of halogens is 3. The number of nitrogens with zero attached hydrogens (tertiary/aromatic N) is 2. The summed E-state index contributed by atoms with van der Waals surface area (Å²) in [6, 6.07) is 7.97. The number of pyridine rings is 1. The number of carbonyl (C=O) groups excluding carboxylic acids is 1. The van der Waals surface area contributed by atoms with Crippen LogP contribution < -0.4 is 15.5 Å². The Labute approximate surface area is 153 Å². The summed E-state index contributed by atoms with van der Waals surface area (Å²) in [4.78, 5) is 15.0. The van der Waals surface area contributed by atoms with E-state index < -0.39 is 17.6 Å². The number of hydrazone groups is 1. The van der Waals surface area contributed by atoms with Crippen molar-refractivity contribution >= 4 is 23.0 Å². The summed E-state index contributed by atoms with van der Waals surface area (Å²) in [5.74, 6) is -0.621. The van der Waals surface area contributed by atoms with Crippen LogP contribution in [0, 0.1) is 5.92 Å². The number of ether oxygens (including phenoxy) is 1. The highest BCUT2D eigenvalue weighted by atomic mass is 19.4. The molecule has 2 N–H and O–H groups in total. The maximum Gasteiger partial charge on any atom is 0.421 e. The largest absolute Gasteiger partial charge is 0.481 e. The second kappa shape index (κ2) is 7.26. The van der Waals surface area contributed by atoms with E-state index in [0.717, 1.165) is 24.5 Å². The van der Waals surface area contributed by atoms with Gasteiger partial charge in [0.1, 0.15) is 5.56 Å². The Balaban J connectivity index is 1.80. The van der Waals surface area contributed by atoms with E-state index in [4.69, 9.17) is 0 Å². The summed E-state index contributed by atoms with van der Waals surface area (Å²) in [6.45, 7) is 1.91. The van der Waals surface area contributed by atoms with Crippen LogP contribution in [-0.4, -0.2) is 23.7 Å². The van der Waals surface area contributed by atoms with Crippen molar-refractivity contribution in [2.45, 2.75) is 19.5 Å². The minimum absolute atomic E-state index is 0.0160. The molecule has 1 atom stereocenters. The van der Waals surface area contributed by atoms with Crippen LogP contribution in [0.15, 0.2) is 41.6 Å². The van der Waals surface area contributed by atoms with Crippen molar-refractivity contribution in [2.24, 2.45) is 11.0 Å². The number of hydrogen-bond donors (Lipinski definition) is 2. The van der Waals surface area contributed by atoms with Crippen LogP contribution in [-0.2, 0) is 11.0 Å². The molecule has 0 saturated heterocycles. The number of methoxy groups -OCH3 is 1. The Morgan fingerprint density at radius 1 is 1.22 bits per heavy atom. The van der Waals surface area contributed by atoms with E-state index in [-0.39, 0.29) is 17.5 Å². The number of hydrogen-bond acceptors (Lipinski definition) is 5. The van der Waals surface area contributed by atoms with E-state index in [9.17, 15) is 18.0 Å². The second-order valence-corrected chi connectivity index (χ2v) is 6.12. The Hall–Kier alpha value is -3.10. The molecule has 9 heteroatoms. The van der Waals surface area contributed by atoms with Crippen molar-refractivity contribution in [3.05, 3.63) is 47.7 Å². The van der Waals surface area contributed by atoms with Gasteiger partial charge in [0.05, 0.1) is 24.7 Å². The quantitative estimate of drug-likeness (QED) is 0.850. The third kappa shape index (κ3) is 4.18. The normalized spacial score (nSPS) is 17.1. The average molecular weight is 378 g/mol. The first-order chi connectivity index (χ1) is 12.8. The zero-order valence-electron chi connectivity index (χ0n) is 14.6. The fraction of sp³-hybridized carbons (Fsp3) is 0.278. The van der Waals surface area contributed by atoms with Gasteiger partial charge >= 0.3 is 6.18 Å². The highest BCUT2D eigenvalue weighted by Gasteiger charge is 2.35. The second-order valence-electron chi connectivity index (χ2n) is 6.12. The Morgan fingerprint density at radius 3 is 2.52 bits per heavy atom. The zero-order chi connectivity index (χ0) is 19.6. The summed E-state index contributed by atoms with van der Waals surface area (Å²) in [6.07, 6.45) is -2.94. The fourth-order valence-corrected chi connectivity index (χ4v) is 2.78. The van der Waals surface area contributed by atoms with Crippen molar-refractivity contribution in [3.8, 4) is 5.88 Å². The molecule has 6 nitrogen and oxygen atoms in total. The number of rotatable bonds is 4. The number of benzene rings is 1. The molecule has 1 aromatic carbocycles.